The van der Waals surface area contributed by atoms with E-state index in [9.17, 15) is 4.79 Å². The molecule has 3 rings (SSSR count). The van der Waals surface area contributed by atoms with Crippen LogP contribution < -0.4 is 0 Å². The van der Waals surface area contributed by atoms with Crippen molar-refractivity contribution in [1.82, 2.24) is 4.90 Å². The van der Waals surface area contributed by atoms with Gasteiger partial charge < -0.3 is 10.0 Å². The minimum absolute atomic E-state index is 0.138. The summed E-state index contributed by atoms with van der Waals surface area (Å²) in [7, 11) is 0. The molecular formula is C27H36ClNO2. The zero-order valence-corrected chi connectivity index (χ0v) is 19.7. The molecule has 1 saturated heterocycles. The van der Waals surface area contributed by atoms with Gasteiger partial charge in [0.05, 0.1) is 5.92 Å². The lowest BCUT2D eigenvalue weighted by Crippen LogP contribution is -2.50. The van der Waals surface area contributed by atoms with Crippen molar-refractivity contribution in [2.45, 2.75) is 64.7 Å². The molecule has 1 N–H and O–H groups in total. The number of benzene rings is 2. The van der Waals surface area contributed by atoms with Gasteiger partial charge in [0.2, 0.25) is 0 Å². The van der Waals surface area contributed by atoms with Gasteiger partial charge in [-0.15, -0.1) is 0 Å². The van der Waals surface area contributed by atoms with Gasteiger partial charge in [-0.1, -0.05) is 67.6 Å². The first-order valence-corrected chi connectivity index (χ1v) is 12.1. The average Bonchev–Trinajstić information content (AvgIpc) is 2.70. The maximum Gasteiger partial charge on any atom is 0.309 e. The van der Waals surface area contributed by atoms with Crippen LogP contribution in [-0.2, 0) is 11.2 Å². The lowest BCUT2D eigenvalue weighted by atomic mass is 9.86. The third kappa shape index (κ3) is 7.36. The molecule has 1 aliphatic rings. The highest BCUT2D eigenvalue weighted by Crippen LogP contribution is 2.29. The predicted octanol–water partition coefficient (Wildman–Crippen LogP) is 6.64. The van der Waals surface area contributed by atoms with E-state index in [-0.39, 0.29) is 5.92 Å². The lowest BCUT2D eigenvalue weighted by Gasteiger charge is -2.36. The van der Waals surface area contributed by atoms with Crippen molar-refractivity contribution in [2.75, 3.05) is 19.6 Å². The van der Waals surface area contributed by atoms with Gasteiger partial charge in [-0.2, -0.15) is 0 Å². The number of likely N-dealkylation sites (tertiary alicyclic amines) is 1. The van der Waals surface area contributed by atoms with Gasteiger partial charge in [0, 0.05) is 18.1 Å². The highest BCUT2D eigenvalue weighted by atomic mass is 35.5. The summed E-state index contributed by atoms with van der Waals surface area (Å²) in [6, 6.07) is 15.2. The van der Waals surface area contributed by atoms with Crippen molar-refractivity contribution in [3.05, 3.63) is 69.7 Å². The molecule has 31 heavy (non-hydrogen) atoms. The smallest absolute Gasteiger partial charge is 0.309 e. The first-order valence-electron chi connectivity index (χ1n) is 11.7. The van der Waals surface area contributed by atoms with E-state index in [1.54, 1.807) is 0 Å². The lowest BCUT2D eigenvalue weighted by molar-refractivity contribution is -0.147. The molecule has 4 heteroatoms. The number of unbranched alkanes of at least 4 members (excludes halogenated alkanes) is 4. The van der Waals surface area contributed by atoms with Crippen LogP contribution in [0.1, 0.15) is 66.7 Å². The largest absolute Gasteiger partial charge is 0.481 e. The van der Waals surface area contributed by atoms with Crippen molar-refractivity contribution < 1.29 is 9.90 Å². The Balaban J connectivity index is 1.42. The number of carboxylic acid groups (broad SMARTS) is 1. The molecule has 2 aromatic rings. The third-order valence-corrected chi connectivity index (χ3v) is 6.94. The predicted molar refractivity (Wildman–Crippen MR) is 129 cm³/mol. The SMILES string of the molecule is Cc1ccc(C[C@@H](CCCCCCCN2CC(C(=O)O)C2)c2cccc(Cl)c2)cc1C. The summed E-state index contributed by atoms with van der Waals surface area (Å²) >= 11 is 6.29. The summed E-state index contributed by atoms with van der Waals surface area (Å²) in [5.41, 5.74) is 5.46. The summed E-state index contributed by atoms with van der Waals surface area (Å²) in [6.45, 7) is 6.86. The Morgan fingerprint density at radius 3 is 2.48 bits per heavy atom. The number of nitrogens with zero attached hydrogens (tertiary/aromatic N) is 1. The van der Waals surface area contributed by atoms with Gasteiger partial charge in [0.25, 0.3) is 0 Å². The van der Waals surface area contributed by atoms with Crippen molar-refractivity contribution in [3.63, 3.8) is 0 Å². The molecule has 0 aromatic heterocycles. The van der Waals surface area contributed by atoms with E-state index in [1.807, 2.05) is 6.07 Å². The molecule has 0 unspecified atom stereocenters. The van der Waals surface area contributed by atoms with Gasteiger partial charge in [0.15, 0.2) is 0 Å². The summed E-state index contributed by atoms with van der Waals surface area (Å²) in [5, 5.41) is 9.76. The normalized spacial score (nSPS) is 15.6. The standard InChI is InChI=1S/C27H36ClNO2/c1-20-12-13-22(15-21(20)2)16-23(24-10-8-11-26(28)17-24)9-6-4-3-5-7-14-29-18-25(19-29)27(30)31/h8,10-13,15,17,23,25H,3-7,9,14,16,18-19H2,1-2H3,(H,30,31)/t23-/m1/s1. The van der Waals surface area contributed by atoms with Gasteiger partial charge in [-0.25, -0.2) is 0 Å². The van der Waals surface area contributed by atoms with Crippen LogP contribution in [0.5, 0.6) is 0 Å². The third-order valence-electron chi connectivity index (χ3n) is 6.71. The van der Waals surface area contributed by atoms with Crippen LogP contribution >= 0.6 is 11.6 Å². The summed E-state index contributed by atoms with van der Waals surface area (Å²) in [4.78, 5) is 13.1. The minimum Gasteiger partial charge on any atom is -0.481 e. The molecule has 2 aromatic carbocycles. The molecule has 0 bridgehead atoms. The highest BCUT2D eigenvalue weighted by Gasteiger charge is 2.31. The monoisotopic (exact) mass is 441 g/mol. The Morgan fingerprint density at radius 2 is 1.77 bits per heavy atom. The molecule has 1 atom stereocenters. The zero-order valence-electron chi connectivity index (χ0n) is 18.9. The second-order valence-electron chi connectivity index (χ2n) is 9.23. The topological polar surface area (TPSA) is 40.5 Å². The fourth-order valence-corrected chi connectivity index (χ4v) is 4.73. The maximum atomic E-state index is 10.9. The van der Waals surface area contributed by atoms with Crippen LogP contribution in [0, 0.1) is 19.8 Å². The highest BCUT2D eigenvalue weighted by molar-refractivity contribution is 6.30. The second kappa shape index (κ2) is 11.7. The van der Waals surface area contributed by atoms with Crippen molar-refractivity contribution in [3.8, 4) is 0 Å². The molecule has 1 heterocycles. The van der Waals surface area contributed by atoms with E-state index < -0.39 is 5.97 Å². The van der Waals surface area contributed by atoms with Gasteiger partial charge in [-0.05, 0) is 80.0 Å². The number of carbonyl (C=O) groups is 1. The molecule has 0 radical (unpaired) electrons. The number of aliphatic carboxylic acids is 1. The van der Waals surface area contributed by atoms with E-state index in [0.717, 1.165) is 31.1 Å². The Labute approximate surface area is 192 Å². The molecular weight excluding hydrogens is 406 g/mol. The van der Waals surface area contributed by atoms with Crippen molar-refractivity contribution in [1.29, 1.82) is 0 Å². The van der Waals surface area contributed by atoms with Crippen LogP contribution in [0.2, 0.25) is 5.02 Å². The number of carboxylic acids is 1. The van der Waals surface area contributed by atoms with E-state index >= 15 is 0 Å². The number of rotatable bonds is 12. The van der Waals surface area contributed by atoms with Gasteiger partial charge in [-0.3, -0.25) is 4.79 Å². The number of hydrogen-bond donors (Lipinski definition) is 1. The van der Waals surface area contributed by atoms with Crippen LogP contribution in [0.15, 0.2) is 42.5 Å². The average molecular weight is 442 g/mol. The summed E-state index contributed by atoms with van der Waals surface area (Å²) in [6.07, 6.45) is 8.37. The van der Waals surface area contributed by atoms with Crippen LogP contribution in [0.4, 0.5) is 0 Å². The molecule has 1 fully saturated rings. The minimum atomic E-state index is -0.647. The molecule has 3 nitrogen and oxygen atoms in total. The van der Waals surface area contributed by atoms with Crippen molar-refractivity contribution >= 4 is 17.6 Å². The molecule has 1 aliphatic heterocycles. The molecule has 0 aliphatic carbocycles. The van der Waals surface area contributed by atoms with E-state index in [2.05, 4.69) is 55.1 Å². The molecule has 0 saturated carbocycles. The summed E-state index contributed by atoms with van der Waals surface area (Å²) < 4.78 is 0. The van der Waals surface area contributed by atoms with Gasteiger partial charge in [0.1, 0.15) is 0 Å². The second-order valence-corrected chi connectivity index (χ2v) is 9.66. The van der Waals surface area contributed by atoms with Crippen LogP contribution in [-0.4, -0.2) is 35.6 Å². The zero-order chi connectivity index (χ0) is 22.2. The van der Waals surface area contributed by atoms with Crippen LogP contribution in [0.3, 0.4) is 0 Å². The number of halogens is 1. The number of hydrogen-bond acceptors (Lipinski definition) is 2. The van der Waals surface area contributed by atoms with E-state index in [4.69, 9.17) is 16.7 Å². The van der Waals surface area contributed by atoms with Crippen molar-refractivity contribution in [2.24, 2.45) is 5.92 Å². The first-order chi connectivity index (χ1) is 14.9. The quantitative estimate of drug-likeness (QED) is 0.375. The Bertz CT molecular complexity index is 860. The fourth-order valence-electron chi connectivity index (χ4n) is 4.53. The molecule has 168 valence electrons. The van der Waals surface area contributed by atoms with E-state index in [1.165, 1.54) is 60.8 Å². The first kappa shape index (κ1) is 23.8. The molecule has 0 amide bonds. The maximum absolute atomic E-state index is 10.9. The molecule has 0 spiro atoms. The summed E-state index contributed by atoms with van der Waals surface area (Å²) in [5.74, 6) is -0.290. The Morgan fingerprint density at radius 1 is 1.03 bits per heavy atom. The Kier molecular flexibility index (Phi) is 8.98. The Hall–Kier alpha value is -1.84. The fraction of sp³-hybridized carbons (Fsp3) is 0.519. The van der Waals surface area contributed by atoms with Gasteiger partial charge >= 0.3 is 5.97 Å². The van der Waals surface area contributed by atoms with E-state index in [0.29, 0.717) is 5.92 Å². The van der Waals surface area contributed by atoms with Crippen LogP contribution in [0.25, 0.3) is 0 Å². The number of aryl methyl sites for hydroxylation is 2.